The monoisotopic (exact) mass is 347 g/mol. The van der Waals surface area contributed by atoms with Crippen LogP contribution in [0.15, 0.2) is 30.3 Å². The Morgan fingerprint density at radius 2 is 2.04 bits per heavy atom. The molecule has 25 heavy (non-hydrogen) atoms. The maximum atomic E-state index is 11.9. The number of carbonyl (C=O) groups excluding carboxylic acids is 1. The van der Waals surface area contributed by atoms with Crippen molar-refractivity contribution in [1.82, 2.24) is 15.5 Å². The molecule has 0 bridgehead atoms. The van der Waals surface area contributed by atoms with Crippen LogP contribution in [0.4, 0.5) is 4.79 Å². The van der Waals surface area contributed by atoms with E-state index in [1.165, 1.54) is 12.0 Å². The molecule has 2 amide bonds. The van der Waals surface area contributed by atoms with E-state index in [-0.39, 0.29) is 18.2 Å². The Morgan fingerprint density at radius 1 is 1.28 bits per heavy atom. The molecule has 6 heteroatoms. The molecule has 0 aromatic heterocycles. The van der Waals surface area contributed by atoms with Gasteiger partial charge in [0.2, 0.25) is 0 Å². The first kappa shape index (κ1) is 18.2. The summed E-state index contributed by atoms with van der Waals surface area (Å²) >= 11 is 0. The minimum Gasteiger partial charge on any atom is -0.388 e. The zero-order valence-electron chi connectivity index (χ0n) is 14.9. The van der Waals surface area contributed by atoms with Gasteiger partial charge >= 0.3 is 6.03 Å². The average Bonchev–Trinajstić information content (AvgIpc) is 2.90. The van der Waals surface area contributed by atoms with Gasteiger partial charge in [-0.15, -0.1) is 0 Å². The van der Waals surface area contributed by atoms with E-state index in [0.29, 0.717) is 19.2 Å². The number of carbonyl (C=O) groups is 1. The van der Waals surface area contributed by atoms with Crippen LogP contribution in [-0.4, -0.2) is 67.1 Å². The third-order valence-electron chi connectivity index (χ3n) is 5.16. The Labute approximate surface area is 149 Å². The summed E-state index contributed by atoms with van der Waals surface area (Å²) in [5, 5.41) is 16.2. The minimum absolute atomic E-state index is 0.199. The second-order valence-electron chi connectivity index (χ2n) is 7.21. The number of likely N-dealkylation sites (N-methyl/N-ethyl adjacent to an activating group) is 1. The molecule has 1 aromatic rings. The van der Waals surface area contributed by atoms with Gasteiger partial charge in [-0.2, -0.15) is 0 Å². The van der Waals surface area contributed by atoms with Gasteiger partial charge < -0.3 is 25.4 Å². The molecule has 1 aliphatic heterocycles. The first-order valence-electron chi connectivity index (χ1n) is 9.21. The number of benzene rings is 1. The summed E-state index contributed by atoms with van der Waals surface area (Å²) in [6.45, 7) is 1.91. The van der Waals surface area contributed by atoms with Gasteiger partial charge in [-0.25, -0.2) is 4.79 Å². The molecule has 1 saturated carbocycles. The molecule has 2 fully saturated rings. The highest BCUT2D eigenvalue weighted by atomic mass is 16.5. The highest BCUT2D eigenvalue weighted by molar-refractivity contribution is 5.74. The molecule has 0 spiro atoms. The number of nitrogens with one attached hydrogen (secondary N) is 2. The number of amides is 2. The van der Waals surface area contributed by atoms with Crippen LogP contribution < -0.4 is 10.6 Å². The number of nitrogens with zero attached hydrogens (tertiary/aromatic N) is 1. The van der Waals surface area contributed by atoms with Crippen molar-refractivity contribution < 1.29 is 14.6 Å². The highest BCUT2D eigenvalue weighted by Gasteiger charge is 2.37. The van der Waals surface area contributed by atoms with Crippen LogP contribution in [0.3, 0.4) is 0 Å². The van der Waals surface area contributed by atoms with Crippen molar-refractivity contribution in [1.29, 1.82) is 0 Å². The van der Waals surface area contributed by atoms with Crippen molar-refractivity contribution >= 4 is 6.03 Å². The third-order valence-corrected chi connectivity index (χ3v) is 5.16. The second-order valence-corrected chi connectivity index (χ2v) is 7.21. The van der Waals surface area contributed by atoms with Crippen molar-refractivity contribution in [3.8, 4) is 0 Å². The van der Waals surface area contributed by atoms with Crippen molar-refractivity contribution in [3.63, 3.8) is 0 Å². The van der Waals surface area contributed by atoms with Crippen LogP contribution in [0.2, 0.25) is 0 Å². The average molecular weight is 347 g/mol. The molecule has 1 aliphatic carbocycles. The summed E-state index contributed by atoms with van der Waals surface area (Å²) in [4.78, 5) is 14.1. The molecular weight excluding hydrogens is 318 g/mol. The lowest BCUT2D eigenvalue weighted by Crippen LogP contribution is -2.52. The van der Waals surface area contributed by atoms with Gasteiger partial charge in [0.25, 0.3) is 0 Å². The molecule has 3 atom stereocenters. The Balaban J connectivity index is 1.38. The molecule has 3 rings (SSSR count). The largest absolute Gasteiger partial charge is 0.388 e. The van der Waals surface area contributed by atoms with Crippen molar-refractivity contribution in [2.45, 2.75) is 50.0 Å². The number of aliphatic hydroxyl groups excluding tert-OH is 1. The summed E-state index contributed by atoms with van der Waals surface area (Å²) in [6, 6.07) is 10.1. The molecule has 2 aliphatic rings. The SMILES string of the molecule is CN(CCc1ccccc1)C[C@@H]1OC[C@H](NC(=O)NC2CCC2)[C@H]1O. The van der Waals surface area contributed by atoms with Crippen LogP contribution in [0.1, 0.15) is 24.8 Å². The smallest absolute Gasteiger partial charge is 0.315 e. The fraction of sp³-hybridized carbons (Fsp3) is 0.632. The summed E-state index contributed by atoms with van der Waals surface area (Å²) in [6.07, 6.45) is 3.29. The maximum Gasteiger partial charge on any atom is 0.315 e. The molecule has 1 saturated heterocycles. The van der Waals surface area contributed by atoms with Crippen molar-refractivity contribution in [3.05, 3.63) is 35.9 Å². The first-order valence-corrected chi connectivity index (χ1v) is 9.21. The molecule has 0 unspecified atom stereocenters. The molecule has 138 valence electrons. The van der Waals surface area contributed by atoms with Crippen LogP contribution in [-0.2, 0) is 11.2 Å². The topological polar surface area (TPSA) is 73.8 Å². The van der Waals surface area contributed by atoms with E-state index in [9.17, 15) is 9.90 Å². The molecule has 0 radical (unpaired) electrons. The lowest BCUT2D eigenvalue weighted by atomic mass is 9.93. The summed E-state index contributed by atoms with van der Waals surface area (Å²) < 4.78 is 5.71. The zero-order valence-corrected chi connectivity index (χ0v) is 14.9. The van der Waals surface area contributed by atoms with Crippen LogP contribution in [0, 0.1) is 0 Å². The van der Waals surface area contributed by atoms with E-state index < -0.39 is 6.10 Å². The van der Waals surface area contributed by atoms with E-state index in [1.807, 2.05) is 25.2 Å². The fourth-order valence-corrected chi connectivity index (χ4v) is 3.28. The van der Waals surface area contributed by atoms with E-state index in [2.05, 4.69) is 27.7 Å². The Bertz CT molecular complexity index is 550. The summed E-state index contributed by atoms with van der Waals surface area (Å²) in [5.41, 5.74) is 1.30. The Hall–Kier alpha value is -1.63. The lowest BCUT2D eigenvalue weighted by molar-refractivity contribution is 0.0205. The lowest BCUT2D eigenvalue weighted by Gasteiger charge is -2.28. The van der Waals surface area contributed by atoms with Crippen molar-refractivity contribution in [2.75, 3.05) is 26.7 Å². The van der Waals surface area contributed by atoms with Gasteiger partial charge in [-0.3, -0.25) is 0 Å². The molecule has 6 nitrogen and oxygen atoms in total. The maximum absolute atomic E-state index is 11.9. The third kappa shape index (κ3) is 5.17. The number of hydrogen-bond donors (Lipinski definition) is 3. The molecule has 1 heterocycles. The first-order chi connectivity index (χ1) is 12.1. The minimum atomic E-state index is -0.675. The van der Waals surface area contributed by atoms with Gasteiger partial charge in [0.05, 0.1) is 18.8 Å². The number of hydrogen-bond acceptors (Lipinski definition) is 4. The predicted molar refractivity (Wildman–Crippen MR) is 96.5 cm³/mol. The fourth-order valence-electron chi connectivity index (χ4n) is 3.28. The van der Waals surface area contributed by atoms with E-state index in [0.717, 1.165) is 25.8 Å². The molecule has 1 aromatic carbocycles. The molecular formula is C19H29N3O3. The highest BCUT2D eigenvalue weighted by Crippen LogP contribution is 2.19. The zero-order chi connectivity index (χ0) is 17.6. The van der Waals surface area contributed by atoms with Gasteiger partial charge in [-0.1, -0.05) is 30.3 Å². The van der Waals surface area contributed by atoms with E-state index in [1.54, 1.807) is 0 Å². The summed E-state index contributed by atoms with van der Waals surface area (Å²) in [7, 11) is 2.03. The quantitative estimate of drug-likeness (QED) is 0.692. The van der Waals surface area contributed by atoms with Gasteiger partial charge in [0.15, 0.2) is 0 Å². The normalized spacial score (nSPS) is 26.4. The van der Waals surface area contributed by atoms with Crippen molar-refractivity contribution in [2.24, 2.45) is 0 Å². The van der Waals surface area contributed by atoms with Gasteiger partial charge in [0.1, 0.15) is 6.10 Å². The Kier molecular flexibility index (Phi) is 6.29. The number of ether oxygens (including phenoxy) is 1. The van der Waals surface area contributed by atoms with Crippen LogP contribution >= 0.6 is 0 Å². The summed E-state index contributed by atoms with van der Waals surface area (Å²) in [5.74, 6) is 0. The predicted octanol–water partition coefficient (Wildman–Crippen LogP) is 1.14. The van der Waals surface area contributed by atoms with Crippen LogP contribution in [0.5, 0.6) is 0 Å². The number of aliphatic hydroxyl groups is 1. The van der Waals surface area contributed by atoms with Crippen LogP contribution in [0.25, 0.3) is 0 Å². The molecule has 3 N–H and O–H groups in total. The standard InChI is InChI=1S/C19H29N3O3/c1-22(11-10-14-6-3-2-4-7-14)12-17-18(23)16(13-25-17)21-19(24)20-15-8-5-9-15/h2-4,6-7,15-18,23H,5,8-13H2,1H3,(H2,20,21,24)/t16-,17-,18+/m0/s1. The second kappa shape index (κ2) is 8.65. The van der Waals surface area contributed by atoms with Gasteiger partial charge in [0, 0.05) is 19.1 Å². The van der Waals surface area contributed by atoms with Gasteiger partial charge in [-0.05, 0) is 38.3 Å². The van der Waals surface area contributed by atoms with E-state index >= 15 is 0 Å². The Morgan fingerprint density at radius 3 is 2.72 bits per heavy atom. The number of rotatable bonds is 7. The van der Waals surface area contributed by atoms with E-state index in [4.69, 9.17) is 4.74 Å². The number of urea groups is 1.